The Morgan fingerprint density at radius 1 is 1.05 bits per heavy atom. The first kappa shape index (κ1) is 15.4. The maximum atomic E-state index is 12.9. The molecule has 0 aliphatic heterocycles. The minimum atomic E-state index is -4.27. The number of hydrogen-bond acceptors (Lipinski definition) is 1. The van der Waals surface area contributed by atoms with Crippen LogP contribution in [0.5, 0.6) is 0 Å². The van der Waals surface area contributed by atoms with Gasteiger partial charge in [-0.05, 0) is 42.7 Å². The predicted octanol–water partition coefficient (Wildman–Crippen LogP) is 4.62. The van der Waals surface area contributed by atoms with E-state index in [2.05, 4.69) is 19.2 Å². The Labute approximate surface area is 118 Å². The fraction of sp³-hybridized carbons (Fsp3) is 0.625. The van der Waals surface area contributed by atoms with Crippen molar-refractivity contribution < 1.29 is 13.2 Å². The summed E-state index contributed by atoms with van der Waals surface area (Å²) in [4.78, 5) is 0. The van der Waals surface area contributed by atoms with E-state index in [1.807, 2.05) is 0 Å². The van der Waals surface area contributed by atoms with Crippen LogP contribution in [0.2, 0.25) is 0 Å². The number of halogens is 3. The molecule has 0 spiro atoms. The van der Waals surface area contributed by atoms with E-state index in [4.69, 9.17) is 0 Å². The quantitative estimate of drug-likeness (QED) is 0.854. The SMILES string of the molecule is CC1CC(C)CC(NCc2ccccc2C(F)(F)F)C1. The van der Waals surface area contributed by atoms with Crippen LogP contribution >= 0.6 is 0 Å². The zero-order valence-electron chi connectivity index (χ0n) is 12.0. The molecule has 0 bridgehead atoms. The highest BCUT2D eigenvalue weighted by Gasteiger charge is 2.33. The minimum absolute atomic E-state index is 0.291. The number of benzene rings is 1. The van der Waals surface area contributed by atoms with Gasteiger partial charge in [0.2, 0.25) is 0 Å². The zero-order chi connectivity index (χ0) is 14.8. The lowest BCUT2D eigenvalue weighted by molar-refractivity contribution is -0.138. The van der Waals surface area contributed by atoms with Crippen LogP contribution in [-0.2, 0) is 12.7 Å². The summed E-state index contributed by atoms with van der Waals surface area (Å²) in [6.45, 7) is 4.72. The molecular weight excluding hydrogens is 263 g/mol. The third-order valence-corrected chi connectivity index (χ3v) is 4.08. The highest BCUT2D eigenvalue weighted by atomic mass is 19.4. The van der Waals surface area contributed by atoms with Crippen LogP contribution in [-0.4, -0.2) is 6.04 Å². The summed E-state index contributed by atoms with van der Waals surface area (Å²) in [5.41, 5.74) is -0.185. The summed E-state index contributed by atoms with van der Waals surface area (Å²) in [6.07, 6.45) is -0.945. The van der Waals surface area contributed by atoms with E-state index in [1.54, 1.807) is 12.1 Å². The summed E-state index contributed by atoms with van der Waals surface area (Å²) in [5, 5.41) is 3.31. The van der Waals surface area contributed by atoms with Gasteiger partial charge in [0.05, 0.1) is 5.56 Å². The molecule has 0 aromatic heterocycles. The van der Waals surface area contributed by atoms with Crippen molar-refractivity contribution >= 4 is 0 Å². The normalized spacial score (nSPS) is 27.6. The molecule has 1 aromatic carbocycles. The third kappa shape index (κ3) is 3.98. The molecule has 0 heterocycles. The zero-order valence-corrected chi connectivity index (χ0v) is 12.0. The van der Waals surface area contributed by atoms with Crippen LogP contribution in [0.15, 0.2) is 24.3 Å². The number of nitrogens with one attached hydrogen (secondary N) is 1. The Balaban J connectivity index is 2.01. The Kier molecular flexibility index (Phi) is 4.74. The van der Waals surface area contributed by atoms with Crippen molar-refractivity contribution in [2.45, 2.75) is 51.9 Å². The maximum Gasteiger partial charge on any atom is 0.416 e. The average Bonchev–Trinajstić information content (AvgIpc) is 2.34. The summed E-state index contributed by atoms with van der Waals surface area (Å²) in [7, 11) is 0. The van der Waals surface area contributed by atoms with Crippen LogP contribution in [0.4, 0.5) is 13.2 Å². The molecule has 2 atom stereocenters. The van der Waals surface area contributed by atoms with E-state index in [1.165, 1.54) is 12.5 Å². The first-order valence-corrected chi connectivity index (χ1v) is 7.24. The van der Waals surface area contributed by atoms with Gasteiger partial charge >= 0.3 is 6.18 Å². The standard InChI is InChI=1S/C16H22F3N/c1-11-7-12(2)9-14(8-11)20-10-13-5-3-4-6-15(13)16(17,18)19/h3-6,11-12,14,20H,7-10H2,1-2H3. The van der Waals surface area contributed by atoms with E-state index in [0.717, 1.165) is 18.9 Å². The van der Waals surface area contributed by atoms with Gasteiger partial charge in [-0.1, -0.05) is 32.0 Å². The van der Waals surface area contributed by atoms with E-state index >= 15 is 0 Å². The monoisotopic (exact) mass is 285 g/mol. The number of rotatable bonds is 3. The van der Waals surface area contributed by atoms with Crippen LogP contribution in [0.1, 0.15) is 44.2 Å². The molecule has 1 aliphatic rings. The molecule has 1 aromatic rings. The van der Waals surface area contributed by atoms with Gasteiger partial charge in [0.25, 0.3) is 0 Å². The Morgan fingerprint density at radius 2 is 1.65 bits per heavy atom. The van der Waals surface area contributed by atoms with Crippen LogP contribution < -0.4 is 5.32 Å². The Bertz CT molecular complexity index is 432. The largest absolute Gasteiger partial charge is 0.416 e. The van der Waals surface area contributed by atoms with E-state index in [9.17, 15) is 13.2 Å². The molecule has 1 nitrogen and oxygen atoms in total. The molecule has 2 rings (SSSR count). The van der Waals surface area contributed by atoms with Gasteiger partial charge in [-0.2, -0.15) is 13.2 Å². The van der Waals surface area contributed by atoms with Gasteiger partial charge in [0.15, 0.2) is 0 Å². The molecule has 0 radical (unpaired) electrons. The summed E-state index contributed by atoms with van der Waals surface area (Å²) in [6, 6.07) is 6.15. The second kappa shape index (κ2) is 6.17. The lowest BCUT2D eigenvalue weighted by atomic mass is 9.80. The molecular formula is C16H22F3N. The van der Waals surface area contributed by atoms with Crippen molar-refractivity contribution in [3.63, 3.8) is 0 Å². The molecule has 1 N–H and O–H groups in total. The van der Waals surface area contributed by atoms with Crippen LogP contribution in [0, 0.1) is 11.8 Å². The minimum Gasteiger partial charge on any atom is -0.310 e. The van der Waals surface area contributed by atoms with E-state index < -0.39 is 11.7 Å². The van der Waals surface area contributed by atoms with E-state index in [-0.39, 0.29) is 0 Å². The van der Waals surface area contributed by atoms with Crippen molar-refractivity contribution in [3.8, 4) is 0 Å². The van der Waals surface area contributed by atoms with Gasteiger partial charge < -0.3 is 5.32 Å². The Morgan fingerprint density at radius 3 is 2.25 bits per heavy atom. The van der Waals surface area contributed by atoms with E-state index in [0.29, 0.717) is 30.0 Å². The third-order valence-electron chi connectivity index (χ3n) is 4.08. The van der Waals surface area contributed by atoms with Gasteiger partial charge in [0.1, 0.15) is 0 Å². The first-order valence-electron chi connectivity index (χ1n) is 7.24. The summed E-state index contributed by atoms with van der Waals surface area (Å²) >= 11 is 0. The number of alkyl halides is 3. The highest BCUT2D eigenvalue weighted by Crippen LogP contribution is 2.32. The molecule has 1 saturated carbocycles. The molecule has 20 heavy (non-hydrogen) atoms. The second-order valence-electron chi connectivity index (χ2n) is 6.15. The maximum absolute atomic E-state index is 12.9. The molecule has 1 aliphatic carbocycles. The highest BCUT2D eigenvalue weighted by molar-refractivity contribution is 5.29. The molecule has 2 unspecified atom stereocenters. The fourth-order valence-electron chi connectivity index (χ4n) is 3.32. The topological polar surface area (TPSA) is 12.0 Å². The van der Waals surface area contributed by atoms with Crippen LogP contribution in [0.25, 0.3) is 0 Å². The lowest BCUT2D eigenvalue weighted by Crippen LogP contribution is -2.36. The van der Waals surface area contributed by atoms with Gasteiger partial charge in [-0.25, -0.2) is 0 Å². The molecule has 0 amide bonds. The fourth-order valence-corrected chi connectivity index (χ4v) is 3.32. The average molecular weight is 285 g/mol. The number of hydrogen-bond donors (Lipinski definition) is 1. The van der Waals surface area contributed by atoms with Crippen molar-refractivity contribution in [2.24, 2.45) is 11.8 Å². The van der Waals surface area contributed by atoms with Crippen molar-refractivity contribution in [2.75, 3.05) is 0 Å². The molecule has 4 heteroatoms. The molecule has 0 saturated heterocycles. The predicted molar refractivity (Wildman–Crippen MR) is 74.3 cm³/mol. The van der Waals surface area contributed by atoms with Gasteiger partial charge in [0, 0.05) is 12.6 Å². The van der Waals surface area contributed by atoms with Crippen LogP contribution in [0.3, 0.4) is 0 Å². The second-order valence-corrected chi connectivity index (χ2v) is 6.15. The molecule has 1 fully saturated rings. The Hall–Kier alpha value is -1.03. The van der Waals surface area contributed by atoms with Gasteiger partial charge in [-0.3, -0.25) is 0 Å². The smallest absolute Gasteiger partial charge is 0.310 e. The lowest BCUT2D eigenvalue weighted by Gasteiger charge is -2.32. The van der Waals surface area contributed by atoms with Crippen molar-refractivity contribution in [3.05, 3.63) is 35.4 Å². The van der Waals surface area contributed by atoms with Gasteiger partial charge in [-0.15, -0.1) is 0 Å². The first-order chi connectivity index (χ1) is 9.36. The van der Waals surface area contributed by atoms with Crippen molar-refractivity contribution in [1.82, 2.24) is 5.32 Å². The summed E-state index contributed by atoms with van der Waals surface area (Å²) < 4.78 is 38.7. The molecule has 112 valence electrons. The van der Waals surface area contributed by atoms with Crippen molar-refractivity contribution in [1.29, 1.82) is 0 Å². The summed E-state index contributed by atoms with van der Waals surface area (Å²) in [5.74, 6) is 1.29.